The minimum absolute atomic E-state index is 0. The van der Waals surface area contributed by atoms with Gasteiger partial charge in [0.2, 0.25) is 5.89 Å². The smallest absolute Gasteiger partial charge is 0.262 e. The van der Waals surface area contributed by atoms with Crippen LogP contribution in [0.1, 0.15) is 29.7 Å². The SMILES string of the molecule is Cl.FC1(F)CNC(c2nc(CCc3ccccc3)no2)C1. The molecule has 21 heavy (non-hydrogen) atoms. The molecular formula is C14H16ClF2N3O. The third-order valence-corrected chi connectivity index (χ3v) is 3.37. The van der Waals surface area contributed by atoms with Gasteiger partial charge in [-0.3, -0.25) is 5.32 Å². The summed E-state index contributed by atoms with van der Waals surface area (Å²) in [6, 6.07) is 9.42. The molecule has 4 nitrogen and oxygen atoms in total. The third kappa shape index (κ3) is 3.98. The van der Waals surface area contributed by atoms with Crippen molar-refractivity contribution in [2.75, 3.05) is 6.54 Å². The number of nitrogens with one attached hydrogen (secondary N) is 1. The van der Waals surface area contributed by atoms with E-state index in [1.54, 1.807) is 0 Å². The molecule has 1 unspecified atom stereocenters. The molecule has 1 aromatic carbocycles. The molecule has 0 saturated carbocycles. The molecule has 0 radical (unpaired) electrons. The fourth-order valence-corrected chi connectivity index (χ4v) is 2.30. The Hall–Kier alpha value is -1.53. The standard InChI is InChI=1S/C14H15F2N3O.ClH/c15-14(16)8-11(17-9-14)13-18-12(19-20-13)7-6-10-4-2-1-3-5-10;/h1-5,11,17H,6-9H2;1H. The average Bonchev–Trinajstić information content (AvgIpc) is 3.04. The Bertz CT molecular complexity index is 577. The monoisotopic (exact) mass is 315 g/mol. The van der Waals surface area contributed by atoms with E-state index < -0.39 is 12.0 Å². The predicted molar refractivity (Wildman–Crippen MR) is 75.7 cm³/mol. The van der Waals surface area contributed by atoms with Crippen molar-refractivity contribution in [1.82, 2.24) is 15.5 Å². The van der Waals surface area contributed by atoms with Crippen LogP contribution >= 0.6 is 12.4 Å². The molecule has 0 bridgehead atoms. The molecule has 0 spiro atoms. The number of rotatable bonds is 4. The lowest BCUT2D eigenvalue weighted by Crippen LogP contribution is -2.19. The molecule has 1 aliphatic rings. The van der Waals surface area contributed by atoms with Crippen molar-refractivity contribution < 1.29 is 13.3 Å². The van der Waals surface area contributed by atoms with E-state index in [1.165, 1.54) is 5.56 Å². The number of nitrogens with zero attached hydrogens (tertiary/aromatic N) is 2. The summed E-state index contributed by atoms with van der Waals surface area (Å²) in [5, 5.41) is 6.56. The summed E-state index contributed by atoms with van der Waals surface area (Å²) < 4.78 is 31.3. The van der Waals surface area contributed by atoms with Crippen LogP contribution in [0.5, 0.6) is 0 Å². The van der Waals surface area contributed by atoms with Crippen LogP contribution in [0.15, 0.2) is 34.9 Å². The molecule has 3 rings (SSSR count). The Labute approximate surface area is 127 Å². The molecule has 2 heterocycles. The first-order chi connectivity index (χ1) is 9.62. The second-order valence-electron chi connectivity index (χ2n) is 5.03. The fourth-order valence-electron chi connectivity index (χ4n) is 2.30. The van der Waals surface area contributed by atoms with Gasteiger partial charge in [0.05, 0.1) is 12.6 Å². The zero-order chi connectivity index (χ0) is 14.0. The topological polar surface area (TPSA) is 51.0 Å². The Balaban J connectivity index is 0.00000161. The van der Waals surface area contributed by atoms with Crippen molar-refractivity contribution in [3.63, 3.8) is 0 Å². The summed E-state index contributed by atoms with van der Waals surface area (Å²) in [6.45, 7) is -0.334. The van der Waals surface area contributed by atoms with Crippen LogP contribution in [-0.2, 0) is 12.8 Å². The number of halogens is 3. The molecule has 1 atom stereocenters. The van der Waals surface area contributed by atoms with Crippen LogP contribution in [0.25, 0.3) is 0 Å². The largest absolute Gasteiger partial charge is 0.338 e. The zero-order valence-corrected chi connectivity index (χ0v) is 12.1. The average molecular weight is 316 g/mol. The Morgan fingerprint density at radius 3 is 2.67 bits per heavy atom. The van der Waals surface area contributed by atoms with Crippen LogP contribution in [0.3, 0.4) is 0 Å². The van der Waals surface area contributed by atoms with Gasteiger partial charge in [0.25, 0.3) is 5.92 Å². The van der Waals surface area contributed by atoms with E-state index in [0.717, 1.165) is 6.42 Å². The summed E-state index contributed by atoms with van der Waals surface area (Å²) >= 11 is 0. The zero-order valence-electron chi connectivity index (χ0n) is 11.3. The normalized spacial score (nSPS) is 20.2. The number of alkyl halides is 2. The lowest BCUT2D eigenvalue weighted by atomic mass is 10.1. The second kappa shape index (κ2) is 6.49. The highest BCUT2D eigenvalue weighted by molar-refractivity contribution is 5.85. The van der Waals surface area contributed by atoms with Crippen molar-refractivity contribution in [3.05, 3.63) is 47.6 Å². The van der Waals surface area contributed by atoms with Crippen molar-refractivity contribution in [3.8, 4) is 0 Å². The molecule has 1 saturated heterocycles. The second-order valence-corrected chi connectivity index (χ2v) is 5.03. The first-order valence-electron chi connectivity index (χ1n) is 6.60. The molecule has 1 aliphatic heterocycles. The Kier molecular flexibility index (Phi) is 4.90. The van der Waals surface area contributed by atoms with E-state index in [4.69, 9.17) is 4.52 Å². The summed E-state index contributed by atoms with van der Waals surface area (Å²) in [5.41, 5.74) is 1.18. The maximum Gasteiger partial charge on any atom is 0.262 e. The van der Waals surface area contributed by atoms with E-state index >= 15 is 0 Å². The van der Waals surface area contributed by atoms with Crippen LogP contribution < -0.4 is 5.32 Å². The van der Waals surface area contributed by atoms with E-state index in [-0.39, 0.29) is 31.3 Å². The summed E-state index contributed by atoms with van der Waals surface area (Å²) in [4.78, 5) is 4.20. The lowest BCUT2D eigenvalue weighted by molar-refractivity contribution is 0.0200. The maximum absolute atomic E-state index is 13.1. The molecular weight excluding hydrogens is 300 g/mol. The van der Waals surface area contributed by atoms with Gasteiger partial charge >= 0.3 is 0 Å². The van der Waals surface area contributed by atoms with Crippen molar-refractivity contribution in [2.24, 2.45) is 0 Å². The molecule has 1 aromatic heterocycles. The van der Waals surface area contributed by atoms with Gasteiger partial charge in [0, 0.05) is 12.8 Å². The first-order valence-corrected chi connectivity index (χ1v) is 6.60. The predicted octanol–water partition coefficient (Wildman–Crippen LogP) is 2.95. The summed E-state index contributed by atoms with van der Waals surface area (Å²) in [6.07, 6.45) is 1.15. The number of benzene rings is 1. The number of hydrogen-bond donors (Lipinski definition) is 1. The van der Waals surface area contributed by atoms with E-state index in [9.17, 15) is 8.78 Å². The number of hydrogen-bond acceptors (Lipinski definition) is 4. The van der Waals surface area contributed by atoms with Crippen LogP contribution in [0.4, 0.5) is 8.78 Å². The van der Waals surface area contributed by atoms with E-state index in [1.807, 2.05) is 30.3 Å². The molecule has 1 fully saturated rings. The first kappa shape index (κ1) is 15.9. The molecule has 2 aromatic rings. The minimum atomic E-state index is -2.69. The van der Waals surface area contributed by atoms with Gasteiger partial charge in [-0.1, -0.05) is 35.5 Å². The molecule has 0 amide bonds. The fraction of sp³-hybridized carbons (Fsp3) is 0.429. The van der Waals surface area contributed by atoms with Gasteiger partial charge in [-0.2, -0.15) is 4.98 Å². The van der Waals surface area contributed by atoms with Gasteiger partial charge in [0.1, 0.15) is 0 Å². The number of aryl methyl sites for hydroxylation is 2. The third-order valence-electron chi connectivity index (χ3n) is 3.37. The number of aromatic nitrogens is 2. The van der Waals surface area contributed by atoms with Crippen molar-refractivity contribution >= 4 is 12.4 Å². The highest BCUT2D eigenvalue weighted by atomic mass is 35.5. The van der Waals surface area contributed by atoms with Crippen LogP contribution in [-0.4, -0.2) is 22.6 Å². The van der Waals surface area contributed by atoms with E-state index in [0.29, 0.717) is 12.2 Å². The highest BCUT2D eigenvalue weighted by Crippen LogP contribution is 2.33. The maximum atomic E-state index is 13.1. The lowest BCUT2D eigenvalue weighted by Gasteiger charge is -2.04. The molecule has 1 N–H and O–H groups in total. The summed E-state index contributed by atoms with van der Waals surface area (Å²) in [5.74, 6) is -1.88. The van der Waals surface area contributed by atoms with Gasteiger partial charge in [0.15, 0.2) is 5.82 Å². The van der Waals surface area contributed by atoms with Gasteiger partial charge in [-0.25, -0.2) is 8.78 Å². The van der Waals surface area contributed by atoms with Crippen molar-refractivity contribution in [1.29, 1.82) is 0 Å². The quantitative estimate of drug-likeness (QED) is 0.942. The van der Waals surface area contributed by atoms with Crippen molar-refractivity contribution in [2.45, 2.75) is 31.2 Å². The summed E-state index contributed by atoms with van der Waals surface area (Å²) in [7, 11) is 0. The Morgan fingerprint density at radius 1 is 1.24 bits per heavy atom. The van der Waals surface area contributed by atoms with Crippen LogP contribution in [0.2, 0.25) is 0 Å². The Morgan fingerprint density at radius 2 is 2.00 bits per heavy atom. The van der Waals surface area contributed by atoms with E-state index in [2.05, 4.69) is 15.5 Å². The molecule has 0 aliphatic carbocycles. The van der Waals surface area contributed by atoms with Gasteiger partial charge in [-0.05, 0) is 12.0 Å². The van der Waals surface area contributed by atoms with Crippen LogP contribution in [0, 0.1) is 0 Å². The molecule has 7 heteroatoms. The molecule has 114 valence electrons. The van der Waals surface area contributed by atoms with Gasteiger partial charge < -0.3 is 4.52 Å². The van der Waals surface area contributed by atoms with Gasteiger partial charge in [-0.15, -0.1) is 12.4 Å². The highest BCUT2D eigenvalue weighted by Gasteiger charge is 2.42. The minimum Gasteiger partial charge on any atom is -0.338 e.